The van der Waals surface area contributed by atoms with Gasteiger partial charge in [0.1, 0.15) is 16.8 Å². The molecule has 1 aromatic heterocycles. The molecule has 1 aromatic carbocycles. The summed E-state index contributed by atoms with van der Waals surface area (Å²) in [5.74, 6) is -0.764. The van der Waals surface area contributed by atoms with Crippen molar-refractivity contribution >= 4 is 35.1 Å². The van der Waals surface area contributed by atoms with Crippen LogP contribution in [0.15, 0.2) is 40.2 Å². The van der Waals surface area contributed by atoms with Crippen LogP contribution in [0.5, 0.6) is 0 Å². The molecule has 2 aromatic rings. The van der Waals surface area contributed by atoms with Crippen LogP contribution in [0.1, 0.15) is 34.6 Å². The number of esters is 2. The summed E-state index contributed by atoms with van der Waals surface area (Å²) >= 11 is 1.36. The number of hydrogen-bond acceptors (Lipinski definition) is 7. The molecule has 0 aliphatic carbocycles. The van der Waals surface area contributed by atoms with E-state index in [1.165, 1.54) is 30.5 Å². The molecule has 0 unspecified atom stereocenters. The van der Waals surface area contributed by atoms with Crippen molar-refractivity contribution in [1.82, 2.24) is 4.57 Å². The van der Waals surface area contributed by atoms with Crippen molar-refractivity contribution in [2.24, 2.45) is 5.41 Å². The van der Waals surface area contributed by atoms with Crippen LogP contribution in [0.3, 0.4) is 0 Å². The summed E-state index contributed by atoms with van der Waals surface area (Å²) in [6.07, 6.45) is 0. The van der Waals surface area contributed by atoms with Crippen LogP contribution < -0.4 is 10.9 Å². The van der Waals surface area contributed by atoms with Gasteiger partial charge in [0, 0.05) is 18.0 Å². The van der Waals surface area contributed by atoms with Crippen molar-refractivity contribution in [3.63, 3.8) is 0 Å². The SMILES string of the molecule is COC(=O)c1c(C(=O)OC)c2n(c(=O)c1Nc1ccccc1)CC(C)(C)CS2. The molecule has 0 radical (unpaired) electrons. The van der Waals surface area contributed by atoms with Crippen molar-refractivity contribution < 1.29 is 19.1 Å². The number of nitrogens with zero attached hydrogens (tertiary/aromatic N) is 1. The first-order valence-electron chi connectivity index (χ1n) is 8.71. The van der Waals surface area contributed by atoms with Crippen molar-refractivity contribution in [1.29, 1.82) is 0 Å². The van der Waals surface area contributed by atoms with Gasteiger partial charge in [0.15, 0.2) is 0 Å². The number of rotatable bonds is 4. The Morgan fingerprint density at radius 1 is 1.07 bits per heavy atom. The molecule has 2 heterocycles. The number of aromatic nitrogens is 1. The number of nitrogens with one attached hydrogen (secondary N) is 1. The fourth-order valence-electron chi connectivity index (χ4n) is 3.11. The van der Waals surface area contributed by atoms with Gasteiger partial charge in [-0.2, -0.15) is 0 Å². The van der Waals surface area contributed by atoms with E-state index in [0.29, 0.717) is 23.0 Å². The highest BCUT2D eigenvalue weighted by atomic mass is 32.2. The fourth-order valence-corrected chi connectivity index (χ4v) is 4.36. The third-order valence-corrected chi connectivity index (χ3v) is 6.05. The number of fused-ring (bicyclic) bond motifs is 1. The first-order chi connectivity index (χ1) is 13.3. The zero-order chi connectivity index (χ0) is 20.5. The molecule has 3 rings (SSSR count). The highest BCUT2D eigenvalue weighted by Gasteiger charge is 2.36. The van der Waals surface area contributed by atoms with Gasteiger partial charge in [-0.05, 0) is 17.5 Å². The predicted octanol–water partition coefficient (Wildman–Crippen LogP) is 3.30. The summed E-state index contributed by atoms with van der Waals surface area (Å²) in [6.45, 7) is 4.51. The van der Waals surface area contributed by atoms with Gasteiger partial charge in [-0.1, -0.05) is 32.0 Å². The Morgan fingerprint density at radius 2 is 1.68 bits per heavy atom. The normalized spacial score (nSPS) is 14.7. The molecule has 0 atom stereocenters. The van der Waals surface area contributed by atoms with E-state index in [1.54, 1.807) is 24.3 Å². The topological polar surface area (TPSA) is 86.6 Å². The van der Waals surface area contributed by atoms with Gasteiger partial charge in [-0.15, -0.1) is 11.8 Å². The Balaban J connectivity index is 2.34. The van der Waals surface area contributed by atoms with E-state index in [1.807, 2.05) is 19.9 Å². The van der Waals surface area contributed by atoms with Gasteiger partial charge < -0.3 is 19.4 Å². The van der Waals surface area contributed by atoms with Crippen molar-refractivity contribution in [3.8, 4) is 0 Å². The molecule has 0 spiro atoms. The minimum atomic E-state index is -0.773. The van der Waals surface area contributed by atoms with Gasteiger partial charge in [0.2, 0.25) is 0 Å². The van der Waals surface area contributed by atoms with Crippen LogP contribution in [0.25, 0.3) is 0 Å². The Morgan fingerprint density at radius 3 is 2.29 bits per heavy atom. The molecule has 0 saturated heterocycles. The standard InChI is InChI=1S/C20H22N2O5S/c1-20(2)10-22-16(23)15(21-12-8-6-5-7-9-12)13(18(24)26-3)14(19(25)27-4)17(22)28-11-20/h5-9,21H,10-11H2,1-4H3. The monoisotopic (exact) mass is 402 g/mol. The van der Waals surface area contributed by atoms with Crippen LogP contribution in [-0.4, -0.2) is 36.5 Å². The van der Waals surface area contributed by atoms with Gasteiger partial charge >= 0.3 is 11.9 Å². The average molecular weight is 402 g/mol. The molecule has 1 aliphatic rings. The molecule has 148 valence electrons. The van der Waals surface area contributed by atoms with Crippen LogP contribution in [0.4, 0.5) is 11.4 Å². The number of para-hydroxylation sites is 1. The maximum atomic E-state index is 13.3. The van der Waals surface area contributed by atoms with E-state index < -0.39 is 11.9 Å². The summed E-state index contributed by atoms with van der Waals surface area (Å²) in [5, 5.41) is 3.43. The summed E-state index contributed by atoms with van der Waals surface area (Å²) in [4.78, 5) is 38.6. The highest BCUT2D eigenvalue weighted by molar-refractivity contribution is 7.99. The zero-order valence-electron chi connectivity index (χ0n) is 16.2. The summed E-state index contributed by atoms with van der Waals surface area (Å²) in [6, 6.07) is 8.97. The molecule has 1 aliphatic heterocycles. The molecule has 0 amide bonds. The molecule has 28 heavy (non-hydrogen) atoms. The minimum absolute atomic E-state index is 0.000463. The maximum absolute atomic E-state index is 13.3. The summed E-state index contributed by atoms with van der Waals surface area (Å²) < 4.78 is 11.4. The largest absolute Gasteiger partial charge is 0.465 e. The second kappa shape index (κ2) is 7.71. The zero-order valence-corrected chi connectivity index (χ0v) is 17.0. The molecule has 0 fully saturated rings. The Bertz CT molecular complexity index is 982. The lowest BCUT2D eigenvalue weighted by Crippen LogP contribution is -2.38. The van der Waals surface area contributed by atoms with E-state index in [-0.39, 0.29) is 27.8 Å². The first kappa shape index (κ1) is 20.0. The number of carbonyl (C=O) groups excluding carboxylic acids is 2. The van der Waals surface area contributed by atoms with Gasteiger partial charge in [0.25, 0.3) is 5.56 Å². The van der Waals surface area contributed by atoms with Gasteiger partial charge in [0.05, 0.1) is 19.2 Å². The number of hydrogen-bond donors (Lipinski definition) is 1. The fraction of sp³-hybridized carbons (Fsp3) is 0.350. The molecule has 0 saturated carbocycles. The van der Waals surface area contributed by atoms with Crippen molar-refractivity contribution in [2.75, 3.05) is 25.3 Å². The number of carbonyl (C=O) groups is 2. The smallest absolute Gasteiger partial charge is 0.341 e. The van der Waals surface area contributed by atoms with Gasteiger partial charge in [-0.25, -0.2) is 9.59 Å². The van der Waals surface area contributed by atoms with Crippen molar-refractivity contribution in [3.05, 3.63) is 51.8 Å². The van der Waals surface area contributed by atoms with E-state index >= 15 is 0 Å². The number of ether oxygens (including phenoxy) is 2. The van der Waals surface area contributed by atoms with E-state index in [0.717, 1.165) is 0 Å². The second-order valence-electron chi connectivity index (χ2n) is 7.25. The molecule has 7 nitrogen and oxygen atoms in total. The van der Waals surface area contributed by atoms with E-state index in [4.69, 9.17) is 9.47 Å². The number of benzene rings is 1. The second-order valence-corrected chi connectivity index (χ2v) is 8.21. The lowest BCUT2D eigenvalue weighted by molar-refractivity contribution is 0.0549. The molecule has 8 heteroatoms. The molecule has 0 bridgehead atoms. The Labute approximate surface area is 167 Å². The third kappa shape index (κ3) is 3.64. The van der Waals surface area contributed by atoms with E-state index in [2.05, 4.69) is 5.32 Å². The van der Waals surface area contributed by atoms with Crippen LogP contribution in [-0.2, 0) is 16.0 Å². The third-order valence-electron chi connectivity index (χ3n) is 4.43. The minimum Gasteiger partial charge on any atom is -0.465 e. The lowest BCUT2D eigenvalue weighted by atomic mass is 9.95. The Hall–Kier alpha value is -2.74. The summed E-state index contributed by atoms with van der Waals surface area (Å²) in [7, 11) is 2.45. The van der Waals surface area contributed by atoms with Crippen LogP contribution in [0.2, 0.25) is 0 Å². The quantitative estimate of drug-likeness (QED) is 0.785. The molecular weight excluding hydrogens is 380 g/mol. The lowest BCUT2D eigenvalue weighted by Gasteiger charge is -2.33. The average Bonchev–Trinajstić information content (AvgIpc) is 2.69. The van der Waals surface area contributed by atoms with Crippen LogP contribution in [0, 0.1) is 5.41 Å². The number of pyridine rings is 1. The first-order valence-corrected chi connectivity index (χ1v) is 9.70. The number of methoxy groups -OCH3 is 2. The number of thioether (sulfide) groups is 1. The Kier molecular flexibility index (Phi) is 5.51. The predicted molar refractivity (Wildman–Crippen MR) is 108 cm³/mol. The van der Waals surface area contributed by atoms with E-state index in [9.17, 15) is 14.4 Å². The molecular formula is C20H22N2O5S. The van der Waals surface area contributed by atoms with Crippen molar-refractivity contribution in [2.45, 2.75) is 25.4 Å². The highest BCUT2D eigenvalue weighted by Crippen LogP contribution is 2.39. The summed E-state index contributed by atoms with van der Waals surface area (Å²) in [5.41, 5.74) is 0.0251. The molecule has 1 N–H and O–H groups in total. The number of anilines is 2. The van der Waals surface area contributed by atoms with Gasteiger partial charge in [-0.3, -0.25) is 4.79 Å². The maximum Gasteiger partial charge on any atom is 0.341 e. The van der Waals surface area contributed by atoms with Crippen LogP contribution >= 0.6 is 11.8 Å².